The third kappa shape index (κ3) is 1.14. The van der Waals surface area contributed by atoms with Crippen molar-refractivity contribution in [3.63, 3.8) is 0 Å². The first-order chi connectivity index (χ1) is 4.72. The number of nitrogens with one attached hydrogen (secondary N) is 1. The second kappa shape index (κ2) is 2.49. The second-order valence-electron chi connectivity index (χ2n) is 1.82. The van der Waals surface area contributed by atoms with Crippen LogP contribution in [0.2, 0.25) is 0 Å². The summed E-state index contributed by atoms with van der Waals surface area (Å²) in [7, 11) is 0. The van der Waals surface area contributed by atoms with E-state index in [-0.39, 0.29) is 0 Å². The number of carboxylic acid groups (broad SMARTS) is 1. The van der Waals surface area contributed by atoms with Gasteiger partial charge in [0.2, 0.25) is 0 Å². The van der Waals surface area contributed by atoms with Crippen LogP contribution in [0, 0.1) is 0 Å². The Morgan fingerprint density at radius 1 is 1.90 bits per heavy atom. The van der Waals surface area contributed by atoms with E-state index in [1.54, 1.807) is 0 Å². The van der Waals surface area contributed by atoms with Gasteiger partial charge < -0.3 is 15.8 Å². The van der Waals surface area contributed by atoms with Gasteiger partial charge in [0.05, 0.1) is 18.2 Å². The van der Waals surface area contributed by atoms with Crippen LogP contribution in [0.15, 0.2) is 12.5 Å². The molecule has 1 aromatic heterocycles. The number of aromatic nitrogens is 2. The molecule has 1 rings (SSSR count). The number of H-pyrrole nitrogens is 1. The molecule has 0 radical (unpaired) electrons. The average Bonchev–Trinajstić information content (AvgIpc) is 2.36. The van der Waals surface area contributed by atoms with Gasteiger partial charge in [-0.25, -0.2) is 4.98 Å². The molecule has 0 spiro atoms. The maximum atomic E-state index is 10.2. The van der Waals surface area contributed by atoms with Gasteiger partial charge in [0.1, 0.15) is 6.04 Å². The Bertz CT molecular complexity index is 219. The highest BCUT2D eigenvalue weighted by atomic mass is 16.4. The van der Waals surface area contributed by atoms with Crippen LogP contribution < -0.4 is 5.73 Å². The summed E-state index contributed by atoms with van der Waals surface area (Å²) in [6.45, 7) is 0. The van der Waals surface area contributed by atoms with Crippen LogP contribution in [0.4, 0.5) is 0 Å². The summed E-state index contributed by atoms with van der Waals surface area (Å²) in [5.74, 6) is -1.07. The van der Waals surface area contributed by atoms with Crippen LogP contribution in [-0.4, -0.2) is 21.0 Å². The molecule has 54 valence electrons. The molecule has 1 aromatic rings. The smallest absolute Gasteiger partial charge is 0.326 e. The molecule has 0 bridgehead atoms. The molecule has 5 heteroatoms. The number of aliphatic carboxylic acids is 1. The molecule has 4 N–H and O–H groups in total. The summed E-state index contributed by atoms with van der Waals surface area (Å²) < 4.78 is 0. The van der Waals surface area contributed by atoms with Crippen molar-refractivity contribution >= 4 is 5.97 Å². The Labute approximate surface area is 56.9 Å². The van der Waals surface area contributed by atoms with Gasteiger partial charge in [-0.15, -0.1) is 0 Å². The molecular formula is C5H7N3O2. The van der Waals surface area contributed by atoms with Gasteiger partial charge in [0.25, 0.3) is 0 Å². The standard InChI is InChI=1S/C5H7N3O2/c6-4(5(9)10)3-1-7-2-8-3/h1-2,4H,6H2,(H,7,8)(H,9,10). The minimum absolute atomic E-state index is 0.410. The van der Waals surface area contributed by atoms with E-state index in [1.165, 1.54) is 12.5 Å². The number of hydrogen-bond donors (Lipinski definition) is 3. The van der Waals surface area contributed by atoms with Gasteiger partial charge in [-0.3, -0.25) is 4.79 Å². The van der Waals surface area contributed by atoms with Crippen molar-refractivity contribution in [2.45, 2.75) is 6.04 Å². The molecule has 1 atom stereocenters. The predicted molar refractivity (Wildman–Crippen MR) is 33.2 cm³/mol. The van der Waals surface area contributed by atoms with E-state index in [2.05, 4.69) is 9.97 Å². The summed E-state index contributed by atoms with van der Waals surface area (Å²) in [5.41, 5.74) is 5.62. The summed E-state index contributed by atoms with van der Waals surface area (Å²) >= 11 is 0. The maximum Gasteiger partial charge on any atom is 0.326 e. The molecule has 10 heavy (non-hydrogen) atoms. The van der Waals surface area contributed by atoms with Crippen LogP contribution in [0.5, 0.6) is 0 Å². The molecule has 0 aliphatic carbocycles. The molecule has 0 aliphatic rings. The molecule has 5 nitrogen and oxygen atoms in total. The quantitative estimate of drug-likeness (QED) is 0.517. The summed E-state index contributed by atoms with van der Waals surface area (Å²) in [6, 6.07) is -0.998. The normalized spacial score (nSPS) is 12.9. The lowest BCUT2D eigenvalue weighted by atomic mass is 10.2. The third-order valence-corrected chi connectivity index (χ3v) is 1.12. The lowest BCUT2D eigenvalue weighted by Crippen LogP contribution is -2.20. The molecule has 0 saturated carbocycles. The van der Waals surface area contributed by atoms with Gasteiger partial charge in [-0.2, -0.15) is 0 Å². The monoisotopic (exact) mass is 141 g/mol. The Balaban J connectivity index is 2.77. The van der Waals surface area contributed by atoms with Gasteiger partial charge >= 0.3 is 5.97 Å². The van der Waals surface area contributed by atoms with Crippen LogP contribution in [0.1, 0.15) is 11.7 Å². The first kappa shape index (κ1) is 6.76. The zero-order chi connectivity index (χ0) is 7.56. The van der Waals surface area contributed by atoms with Crippen LogP contribution >= 0.6 is 0 Å². The number of carbonyl (C=O) groups is 1. The van der Waals surface area contributed by atoms with Crippen molar-refractivity contribution in [3.05, 3.63) is 18.2 Å². The molecular weight excluding hydrogens is 134 g/mol. The van der Waals surface area contributed by atoms with Crippen molar-refractivity contribution in [1.82, 2.24) is 9.97 Å². The fourth-order valence-corrected chi connectivity index (χ4v) is 0.570. The minimum Gasteiger partial charge on any atom is -0.480 e. The van der Waals surface area contributed by atoms with Crippen LogP contribution in [0.3, 0.4) is 0 Å². The molecule has 0 fully saturated rings. The predicted octanol–water partition coefficient (Wildman–Crippen LogP) is -0.506. The highest BCUT2D eigenvalue weighted by molar-refractivity contribution is 5.74. The summed E-state index contributed by atoms with van der Waals surface area (Å²) in [6.07, 6.45) is 2.77. The topological polar surface area (TPSA) is 92.0 Å². The molecule has 0 aromatic carbocycles. The lowest BCUT2D eigenvalue weighted by molar-refractivity contribution is -0.138. The zero-order valence-corrected chi connectivity index (χ0v) is 5.11. The fourth-order valence-electron chi connectivity index (χ4n) is 0.570. The van der Waals surface area contributed by atoms with E-state index in [1.807, 2.05) is 0 Å². The Hall–Kier alpha value is -1.36. The van der Waals surface area contributed by atoms with Gasteiger partial charge in [-0.1, -0.05) is 0 Å². The first-order valence-electron chi connectivity index (χ1n) is 2.68. The van der Waals surface area contributed by atoms with E-state index in [0.29, 0.717) is 5.69 Å². The summed E-state index contributed by atoms with van der Waals surface area (Å²) in [5, 5.41) is 8.38. The third-order valence-electron chi connectivity index (χ3n) is 1.12. The molecule has 1 heterocycles. The zero-order valence-electron chi connectivity index (χ0n) is 5.11. The number of hydrogen-bond acceptors (Lipinski definition) is 3. The van der Waals surface area contributed by atoms with E-state index in [9.17, 15) is 4.79 Å². The number of aromatic amines is 1. The maximum absolute atomic E-state index is 10.2. The summed E-state index contributed by atoms with van der Waals surface area (Å²) in [4.78, 5) is 16.5. The highest BCUT2D eigenvalue weighted by Crippen LogP contribution is 2.03. The van der Waals surface area contributed by atoms with Gasteiger partial charge in [-0.05, 0) is 0 Å². The van der Waals surface area contributed by atoms with Crippen molar-refractivity contribution in [2.24, 2.45) is 5.73 Å². The SMILES string of the molecule is NC(C(=O)O)c1cnc[nH]1. The molecule has 0 amide bonds. The van der Waals surface area contributed by atoms with E-state index < -0.39 is 12.0 Å². The van der Waals surface area contributed by atoms with E-state index in [0.717, 1.165) is 0 Å². The number of rotatable bonds is 2. The first-order valence-corrected chi connectivity index (χ1v) is 2.68. The van der Waals surface area contributed by atoms with Gasteiger partial charge in [0.15, 0.2) is 0 Å². The minimum atomic E-state index is -1.07. The van der Waals surface area contributed by atoms with Crippen LogP contribution in [0.25, 0.3) is 0 Å². The van der Waals surface area contributed by atoms with E-state index >= 15 is 0 Å². The Kier molecular flexibility index (Phi) is 1.68. The number of nitrogens with zero attached hydrogens (tertiary/aromatic N) is 1. The van der Waals surface area contributed by atoms with Crippen molar-refractivity contribution in [2.75, 3.05) is 0 Å². The largest absolute Gasteiger partial charge is 0.480 e. The fraction of sp³-hybridized carbons (Fsp3) is 0.200. The molecule has 0 aliphatic heterocycles. The Morgan fingerprint density at radius 3 is 3.00 bits per heavy atom. The van der Waals surface area contributed by atoms with Crippen LogP contribution in [-0.2, 0) is 4.79 Å². The number of imidazole rings is 1. The second-order valence-corrected chi connectivity index (χ2v) is 1.82. The van der Waals surface area contributed by atoms with Crippen molar-refractivity contribution < 1.29 is 9.90 Å². The number of carboxylic acids is 1. The highest BCUT2D eigenvalue weighted by Gasteiger charge is 2.14. The Morgan fingerprint density at radius 2 is 2.60 bits per heavy atom. The molecule has 0 saturated heterocycles. The van der Waals surface area contributed by atoms with Crippen molar-refractivity contribution in [1.29, 1.82) is 0 Å². The van der Waals surface area contributed by atoms with Gasteiger partial charge in [0, 0.05) is 0 Å². The van der Waals surface area contributed by atoms with E-state index in [4.69, 9.17) is 10.8 Å². The lowest BCUT2D eigenvalue weighted by Gasteiger charge is -2.00. The number of nitrogens with two attached hydrogens (primary N) is 1. The average molecular weight is 141 g/mol. The molecule has 1 unspecified atom stereocenters. The van der Waals surface area contributed by atoms with Crippen molar-refractivity contribution in [3.8, 4) is 0 Å².